The second-order valence-electron chi connectivity index (χ2n) is 24.5. The molecular formula is C66H116N3O16PS. The fourth-order valence-corrected chi connectivity index (χ4v) is 10.3. The maximum Gasteiger partial charge on any atom is 0.472 e. The molecule has 502 valence electrons. The Bertz CT molecular complexity index is 2090. The molecule has 1 aromatic rings. The van der Waals surface area contributed by atoms with Gasteiger partial charge in [-0.25, -0.2) is 9.36 Å². The quantitative estimate of drug-likeness (QED) is 0.00799. The van der Waals surface area contributed by atoms with E-state index in [-0.39, 0.29) is 44.6 Å². The Labute approximate surface area is 528 Å². The summed E-state index contributed by atoms with van der Waals surface area (Å²) in [5.74, 6) is -0.587. The zero-order valence-corrected chi connectivity index (χ0v) is 56.0. The highest BCUT2D eigenvalue weighted by Crippen LogP contribution is 2.43. The number of anilines is 1. The lowest BCUT2D eigenvalue weighted by atomic mass is 9.89. The van der Waals surface area contributed by atoms with Gasteiger partial charge >= 0.3 is 25.9 Å². The van der Waals surface area contributed by atoms with Gasteiger partial charge in [0.1, 0.15) is 37.3 Å². The van der Waals surface area contributed by atoms with Gasteiger partial charge in [0.2, 0.25) is 6.29 Å². The number of nitrogens with one attached hydrogen (secondary N) is 3. The standard InChI is InChI=1S/C66H116N3O16PS/c1-8-11-13-15-17-19-21-23-25-27-29-31-33-35-37-39-57(70)79-47-56(84-58(71)40-38-36-34-32-30-28-26-24-22-20-18-16-14-12-9-2)48-82-86(76,77)81-46-45-67-64(75)80-52-66(7,10-3)51-78-50-65(5,6)49-68-63(87)69-54-41-43-55(44-42-54)85-62-61(74)60(73)59(72)53(4)83-62/h23-26,41-44,53,56,59-62,72-74H,8-22,27-40,45-52H2,1-7H3,(H,67,75)(H,76,77)(H2,68,69,87)/b25-23-,26-24-/t53?,56?,59-,60?,61?,62+,66?/m1/s1. The largest absolute Gasteiger partial charge is 0.472 e. The molecule has 0 aliphatic carbocycles. The molecule has 6 unspecified atom stereocenters. The number of phosphoric acid groups is 1. The first-order chi connectivity index (χ1) is 41.7. The number of amides is 1. The third kappa shape index (κ3) is 40.6. The van der Waals surface area contributed by atoms with E-state index in [4.69, 9.17) is 49.7 Å². The Hall–Kier alpha value is -3.69. The van der Waals surface area contributed by atoms with Crippen molar-refractivity contribution in [3.8, 4) is 5.75 Å². The fourth-order valence-electron chi connectivity index (χ4n) is 9.35. The van der Waals surface area contributed by atoms with Gasteiger partial charge in [0.05, 0.1) is 32.5 Å². The minimum absolute atomic E-state index is 0.0339. The molecule has 19 nitrogen and oxygen atoms in total. The molecular weight excluding hydrogens is 1150 g/mol. The van der Waals surface area contributed by atoms with E-state index < -0.39 is 81.3 Å². The van der Waals surface area contributed by atoms with Crippen LogP contribution in [0.3, 0.4) is 0 Å². The molecule has 0 aromatic heterocycles. The number of ether oxygens (including phenoxy) is 6. The number of aliphatic hydroxyl groups is 3. The summed E-state index contributed by atoms with van der Waals surface area (Å²) in [7, 11) is -4.70. The van der Waals surface area contributed by atoms with Gasteiger partial charge in [0, 0.05) is 42.4 Å². The molecule has 0 saturated carbocycles. The molecule has 87 heavy (non-hydrogen) atoms. The average Bonchev–Trinajstić information content (AvgIpc) is 2.95. The first-order valence-electron chi connectivity index (χ1n) is 33.0. The fraction of sp³-hybridized carbons (Fsp3) is 0.788. The summed E-state index contributed by atoms with van der Waals surface area (Å²) < 4.78 is 57.2. The number of aliphatic hydroxyl groups excluding tert-OH is 3. The lowest BCUT2D eigenvalue weighted by Crippen LogP contribution is -2.58. The predicted octanol–water partition coefficient (Wildman–Crippen LogP) is 14.0. The lowest BCUT2D eigenvalue weighted by Gasteiger charge is -2.38. The highest BCUT2D eigenvalue weighted by atomic mass is 32.1. The summed E-state index contributed by atoms with van der Waals surface area (Å²) in [6.45, 7) is 13.7. The minimum Gasteiger partial charge on any atom is -0.462 e. The predicted molar refractivity (Wildman–Crippen MR) is 347 cm³/mol. The number of hydrogen-bond donors (Lipinski definition) is 7. The molecule has 1 aromatic carbocycles. The van der Waals surface area contributed by atoms with E-state index in [1.807, 2.05) is 27.7 Å². The third-order valence-corrected chi connectivity index (χ3v) is 16.5. The van der Waals surface area contributed by atoms with Gasteiger partial charge in [-0.3, -0.25) is 18.6 Å². The molecule has 1 aliphatic heterocycles. The Morgan fingerprint density at radius 1 is 0.644 bits per heavy atom. The average molecular weight is 1270 g/mol. The molecule has 1 aliphatic rings. The van der Waals surface area contributed by atoms with Crippen LogP contribution in [0.4, 0.5) is 10.5 Å². The van der Waals surface area contributed by atoms with Crippen LogP contribution in [0.5, 0.6) is 5.75 Å². The van der Waals surface area contributed by atoms with Crippen LogP contribution < -0.4 is 20.7 Å². The van der Waals surface area contributed by atoms with Crippen LogP contribution in [0.2, 0.25) is 0 Å². The van der Waals surface area contributed by atoms with Crippen molar-refractivity contribution in [1.82, 2.24) is 10.6 Å². The molecule has 1 heterocycles. The number of carbonyl (C=O) groups excluding carboxylic acids is 3. The SMILES string of the molecule is CCCCCCCC/C=C\CCCCCCCC(=O)OCC(COP(=O)(O)OCCNC(=O)OCC(C)(CC)COCC(C)(C)CNC(=S)Nc1ccc(O[C@@H]2OC(C)[C@@H](O)C(O)C2O)cc1)OC(=O)CCCCCCC/C=C\CCCCCCCC. The van der Waals surface area contributed by atoms with E-state index >= 15 is 0 Å². The summed E-state index contributed by atoms with van der Waals surface area (Å²) in [4.78, 5) is 49.0. The van der Waals surface area contributed by atoms with Crippen LogP contribution in [0, 0.1) is 10.8 Å². The van der Waals surface area contributed by atoms with E-state index in [1.54, 1.807) is 31.2 Å². The van der Waals surface area contributed by atoms with Crippen molar-refractivity contribution in [3.05, 3.63) is 48.6 Å². The first kappa shape index (κ1) is 79.4. The number of hydrogen-bond acceptors (Lipinski definition) is 16. The van der Waals surface area contributed by atoms with Gasteiger partial charge < -0.3 is 64.6 Å². The van der Waals surface area contributed by atoms with Gasteiger partial charge in [-0.05, 0) is 114 Å². The molecule has 0 spiro atoms. The number of thiocarbonyl (C=S) groups is 1. The van der Waals surface area contributed by atoms with Crippen LogP contribution in [-0.2, 0) is 46.9 Å². The Morgan fingerprint density at radius 3 is 1.70 bits per heavy atom. The molecule has 8 atom stereocenters. The zero-order valence-electron chi connectivity index (χ0n) is 54.3. The van der Waals surface area contributed by atoms with Crippen LogP contribution >= 0.6 is 20.0 Å². The maximum atomic E-state index is 13.0. The van der Waals surface area contributed by atoms with Crippen molar-refractivity contribution in [2.24, 2.45) is 10.8 Å². The molecule has 0 bridgehead atoms. The molecule has 1 amide bonds. The van der Waals surface area contributed by atoms with Gasteiger partial charge in [0.25, 0.3) is 0 Å². The van der Waals surface area contributed by atoms with E-state index in [0.29, 0.717) is 49.0 Å². The molecule has 1 saturated heterocycles. The van der Waals surface area contributed by atoms with Gasteiger partial charge in [0.15, 0.2) is 11.2 Å². The van der Waals surface area contributed by atoms with Crippen molar-refractivity contribution in [1.29, 1.82) is 0 Å². The van der Waals surface area contributed by atoms with Crippen molar-refractivity contribution in [3.63, 3.8) is 0 Å². The molecule has 7 N–H and O–H groups in total. The van der Waals surface area contributed by atoms with Gasteiger partial charge in [-0.2, -0.15) is 0 Å². The number of allylic oxidation sites excluding steroid dienone is 4. The maximum absolute atomic E-state index is 13.0. The molecule has 21 heteroatoms. The number of phosphoric ester groups is 1. The van der Waals surface area contributed by atoms with Gasteiger partial charge in [-0.15, -0.1) is 0 Å². The number of carbonyl (C=O) groups is 3. The van der Waals surface area contributed by atoms with Crippen LogP contribution in [-0.4, -0.2) is 133 Å². The summed E-state index contributed by atoms with van der Waals surface area (Å²) in [5, 5.41) is 39.5. The Morgan fingerprint density at radius 2 is 1.16 bits per heavy atom. The lowest BCUT2D eigenvalue weighted by molar-refractivity contribution is -0.268. The minimum atomic E-state index is -4.70. The van der Waals surface area contributed by atoms with E-state index in [9.17, 15) is 39.2 Å². The highest BCUT2D eigenvalue weighted by molar-refractivity contribution is 7.80. The normalized spacial score (nSPS) is 18.9. The summed E-state index contributed by atoms with van der Waals surface area (Å²) in [5.41, 5.74) is -0.203. The van der Waals surface area contributed by atoms with Gasteiger partial charge in [-0.1, -0.05) is 169 Å². The third-order valence-electron chi connectivity index (χ3n) is 15.3. The van der Waals surface area contributed by atoms with Crippen LogP contribution in [0.1, 0.15) is 235 Å². The zero-order chi connectivity index (χ0) is 64.0. The Balaban J connectivity index is 1.74. The van der Waals surface area contributed by atoms with Crippen molar-refractivity contribution >= 4 is 48.9 Å². The molecule has 0 radical (unpaired) electrons. The highest BCUT2D eigenvalue weighted by Gasteiger charge is 2.43. The van der Waals surface area contributed by atoms with Crippen molar-refractivity contribution in [2.75, 3.05) is 58.0 Å². The topological polar surface area (TPSA) is 259 Å². The molecule has 1 fully saturated rings. The van der Waals surface area contributed by atoms with Crippen LogP contribution in [0.15, 0.2) is 48.6 Å². The number of esters is 2. The smallest absolute Gasteiger partial charge is 0.462 e. The van der Waals surface area contributed by atoms with E-state index in [1.165, 1.54) is 77.0 Å². The monoisotopic (exact) mass is 1270 g/mol. The number of benzene rings is 1. The van der Waals surface area contributed by atoms with E-state index in [2.05, 4.69) is 54.1 Å². The van der Waals surface area contributed by atoms with Crippen LogP contribution in [0.25, 0.3) is 0 Å². The number of alkyl carbamates (subject to hydrolysis) is 1. The Kier molecular flexibility index (Phi) is 43.9. The summed E-state index contributed by atoms with van der Waals surface area (Å²) in [6.07, 6.45) is 31.8. The summed E-state index contributed by atoms with van der Waals surface area (Å²) in [6, 6.07) is 6.78. The second kappa shape index (κ2) is 48.1. The molecule has 2 rings (SSSR count). The second-order valence-corrected chi connectivity index (χ2v) is 26.4. The van der Waals surface area contributed by atoms with E-state index in [0.717, 1.165) is 77.0 Å². The van der Waals surface area contributed by atoms with Crippen molar-refractivity contribution < 1.29 is 76.6 Å². The van der Waals surface area contributed by atoms with Crippen molar-refractivity contribution in [2.45, 2.75) is 271 Å². The number of rotatable bonds is 52. The number of unbranched alkanes of at least 4 members (excludes halogenated alkanes) is 22. The first-order valence-corrected chi connectivity index (χ1v) is 34.9. The summed E-state index contributed by atoms with van der Waals surface area (Å²) >= 11 is 5.52.